The molecule has 0 fully saturated rings. The van der Waals surface area contributed by atoms with Crippen molar-refractivity contribution < 1.29 is 23.1 Å². The molecule has 0 saturated heterocycles. The number of nitrogens with one attached hydrogen (secondary N) is 1. The highest BCUT2D eigenvalue weighted by molar-refractivity contribution is 7.92. The smallest absolute Gasteiger partial charge is 0.271 e. The van der Waals surface area contributed by atoms with E-state index in [1.165, 1.54) is 37.3 Å². The second-order valence-corrected chi connectivity index (χ2v) is 8.57. The van der Waals surface area contributed by atoms with E-state index in [2.05, 4.69) is 5.32 Å². The molecular weight excluding hydrogens is 416 g/mol. The summed E-state index contributed by atoms with van der Waals surface area (Å²) in [5.41, 5.74) is 0.538. The molecule has 2 aromatic rings. The number of nitrogens with zero attached hydrogens (tertiary/aromatic N) is 3. The molecule has 1 N–H and O–H groups in total. The van der Waals surface area contributed by atoms with Gasteiger partial charge in [-0.2, -0.15) is 0 Å². The molecule has 0 heterocycles. The van der Waals surface area contributed by atoms with Crippen LogP contribution >= 0.6 is 0 Å². The van der Waals surface area contributed by atoms with Crippen LogP contribution in [0.2, 0.25) is 0 Å². The molecule has 11 nitrogen and oxygen atoms in total. The maximum absolute atomic E-state index is 12.8. The molecule has 0 bridgehead atoms. The number of aryl methyl sites for hydroxylation is 2. The van der Waals surface area contributed by atoms with Crippen LogP contribution in [0.15, 0.2) is 36.4 Å². The average molecular weight is 436 g/mol. The number of rotatable bonds is 7. The molecule has 0 saturated carbocycles. The first kappa shape index (κ1) is 22.7. The van der Waals surface area contributed by atoms with Crippen molar-refractivity contribution >= 4 is 38.7 Å². The third-order valence-corrected chi connectivity index (χ3v) is 5.65. The van der Waals surface area contributed by atoms with Gasteiger partial charge < -0.3 is 5.32 Å². The molecule has 0 radical (unpaired) electrons. The molecule has 0 spiro atoms. The molecule has 0 aromatic heterocycles. The number of hydrogen-bond donors (Lipinski definition) is 1. The molecule has 0 aliphatic rings. The maximum Gasteiger partial charge on any atom is 0.271 e. The number of sulfonamides is 1. The van der Waals surface area contributed by atoms with Crippen LogP contribution in [0.3, 0.4) is 0 Å². The lowest BCUT2D eigenvalue weighted by molar-refractivity contribution is -0.385. The number of hydrogen-bond acceptors (Lipinski definition) is 7. The van der Waals surface area contributed by atoms with Gasteiger partial charge in [-0.05, 0) is 31.9 Å². The predicted octanol–water partition coefficient (Wildman–Crippen LogP) is 2.91. The van der Waals surface area contributed by atoms with Gasteiger partial charge in [0, 0.05) is 24.3 Å². The Hall–Kier alpha value is -3.54. The zero-order valence-electron chi connectivity index (χ0n) is 16.6. The maximum atomic E-state index is 12.8. The van der Waals surface area contributed by atoms with E-state index in [1.54, 1.807) is 13.8 Å². The lowest BCUT2D eigenvalue weighted by atomic mass is 10.1. The number of nitro groups is 2. The average Bonchev–Trinajstić information content (AvgIpc) is 2.63. The van der Waals surface area contributed by atoms with E-state index in [4.69, 9.17) is 0 Å². The zero-order valence-corrected chi connectivity index (χ0v) is 17.5. The lowest BCUT2D eigenvalue weighted by Gasteiger charge is -2.29. The minimum absolute atomic E-state index is 0.00915. The van der Waals surface area contributed by atoms with E-state index in [1.807, 2.05) is 0 Å². The van der Waals surface area contributed by atoms with Gasteiger partial charge in [-0.3, -0.25) is 29.3 Å². The molecule has 0 aliphatic heterocycles. The number of anilines is 2. The van der Waals surface area contributed by atoms with Gasteiger partial charge in [-0.15, -0.1) is 0 Å². The van der Waals surface area contributed by atoms with Gasteiger partial charge in [-0.25, -0.2) is 8.42 Å². The SMILES string of the molecule is Cc1ccc([N+](=O)[O-])cc1NC(=O)[C@@H](C)N(c1cc([N+](=O)[O-])ccc1C)S(C)(=O)=O. The lowest BCUT2D eigenvalue weighted by Crippen LogP contribution is -2.45. The summed E-state index contributed by atoms with van der Waals surface area (Å²) in [5, 5.41) is 24.6. The number of carbonyl (C=O) groups is 1. The molecule has 0 aliphatic carbocycles. The Labute approximate surface area is 172 Å². The largest absolute Gasteiger partial charge is 0.324 e. The van der Waals surface area contributed by atoms with Crippen molar-refractivity contribution in [3.63, 3.8) is 0 Å². The van der Waals surface area contributed by atoms with E-state index in [-0.39, 0.29) is 22.7 Å². The van der Waals surface area contributed by atoms with Crippen molar-refractivity contribution in [1.82, 2.24) is 0 Å². The van der Waals surface area contributed by atoms with Gasteiger partial charge in [0.2, 0.25) is 15.9 Å². The van der Waals surface area contributed by atoms with Crippen LogP contribution < -0.4 is 9.62 Å². The minimum Gasteiger partial charge on any atom is -0.324 e. The van der Waals surface area contributed by atoms with Crippen LogP contribution in [0.4, 0.5) is 22.7 Å². The Morgan fingerprint density at radius 2 is 1.50 bits per heavy atom. The summed E-state index contributed by atoms with van der Waals surface area (Å²) >= 11 is 0. The zero-order chi connectivity index (χ0) is 22.8. The van der Waals surface area contributed by atoms with Crippen molar-refractivity contribution in [1.29, 1.82) is 0 Å². The van der Waals surface area contributed by atoms with Gasteiger partial charge in [0.1, 0.15) is 6.04 Å². The van der Waals surface area contributed by atoms with Crippen molar-refractivity contribution in [2.75, 3.05) is 15.9 Å². The Kier molecular flexibility index (Phi) is 6.41. The van der Waals surface area contributed by atoms with Crippen LogP contribution in [-0.4, -0.2) is 36.5 Å². The van der Waals surface area contributed by atoms with Crippen LogP contribution in [-0.2, 0) is 14.8 Å². The van der Waals surface area contributed by atoms with E-state index >= 15 is 0 Å². The summed E-state index contributed by atoms with van der Waals surface area (Å²) in [5.74, 6) is -0.755. The van der Waals surface area contributed by atoms with E-state index in [0.717, 1.165) is 16.6 Å². The number of amides is 1. The third kappa shape index (κ3) is 4.89. The highest BCUT2D eigenvalue weighted by Gasteiger charge is 2.31. The number of non-ortho nitro benzene ring substituents is 2. The highest BCUT2D eigenvalue weighted by Crippen LogP contribution is 2.30. The molecule has 1 amide bonds. The fraction of sp³-hybridized carbons (Fsp3) is 0.278. The van der Waals surface area contributed by atoms with Gasteiger partial charge >= 0.3 is 0 Å². The Morgan fingerprint density at radius 1 is 1.00 bits per heavy atom. The standard InChI is InChI=1S/C18H20N4O7S/c1-11-5-7-14(21(24)25)9-16(11)19-18(23)13(3)20(30(4,28)29)17-10-15(22(26)27)8-6-12(17)2/h5-10,13H,1-4H3,(H,19,23)/t13-/m1/s1. The summed E-state index contributed by atoms with van der Waals surface area (Å²) in [6.45, 7) is 4.51. The summed E-state index contributed by atoms with van der Waals surface area (Å²) in [4.78, 5) is 33.6. The number of nitro benzene ring substituents is 2. The predicted molar refractivity (Wildman–Crippen MR) is 111 cm³/mol. The minimum atomic E-state index is -4.01. The number of benzene rings is 2. The Bertz CT molecular complexity index is 1130. The molecular formula is C18H20N4O7S. The van der Waals surface area contributed by atoms with Gasteiger partial charge in [0.15, 0.2) is 0 Å². The van der Waals surface area contributed by atoms with Crippen LogP contribution in [0.1, 0.15) is 18.1 Å². The van der Waals surface area contributed by atoms with Crippen molar-refractivity contribution in [3.05, 3.63) is 67.8 Å². The molecule has 2 rings (SSSR count). The van der Waals surface area contributed by atoms with Gasteiger partial charge in [0.25, 0.3) is 11.4 Å². The summed E-state index contributed by atoms with van der Waals surface area (Å²) in [7, 11) is -4.01. The van der Waals surface area contributed by atoms with Crippen LogP contribution in [0, 0.1) is 34.1 Å². The molecule has 1 atom stereocenters. The third-order valence-electron chi connectivity index (χ3n) is 4.42. The topological polar surface area (TPSA) is 153 Å². The molecule has 0 unspecified atom stereocenters. The fourth-order valence-electron chi connectivity index (χ4n) is 2.83. The summed E-state index contributed by atoms with van der Waals surface area (Å²) in [6, 6.07) is 6.32. The quantitative estimate of drug-likeness (QED) is 0.517. The fourth-order valence-corrected chi connectivity index (χ4v) is 4.05. The Morgan fingerprint density at radius 3 is 2.00 bits per heavy atom. The molecule has 160 valence electrons. The summed E-state index contributed by atoms with van der Waals surface area (Å²) < 4.78 is 25.7. The second kappa shape index (κ2) is 8.45. The van der Waals surface area contributed by atoms with Crippen LogP contribution in [0.25, 0.3) is 0 Å². The second-order valence-electron chi connectivity index (χ2n) is 6.71. The first-order chi connectivity index (χ1) is 13.8. The van der Waals surface area contributed by atoms with Crippen molar-refractivity contribution in [3.8, 4) is 0 Å². The van der Waals surface area contributed by atoms with E-state index in [9.17, 15) is 33.4 Å². The van der Waals surface area contributed by atoms with Crippen LogP contribution in [0.5, 0.6) is 0 Å². The first-order valence-corrected chi connectivity index (χ1v) is 10.5. The first-order valence-electron chi connectivity index (χ1n) is 8.63. The van der Waals surface area contributed by atoms with Gasteiger partial charge in [-0.1, -0.05) is 12.1 Å². The highest BCUT2D eigenvalue weighted by atomic mass is 32.2. The van der Waals surface area contributed by atoms with Crippen molar-refractivity contribution in [2.45, 2.75) is 26.8 Å². The normalized spacial score (nSPS) is 12.1. The Balaban J connectivity index is 2.47. The molecule has 2 aromatic carbocycles. The monoisotopic (exact) mass is 436 g/mol. The van der Waals surface area contributed by atoms with Gasteiger partial charge in [0.05, 0.1) is 27.5 Å². The van der Waals surface area contributed by atoms with E-state index in [0.29, 0.717) is 11.1 Å². The molecule has 12 heteroatoms. The van der Waals surface area contributed by atoms with E-state index < -0.39 is 31.8 Å². The van der Waals surface area contributed by atoms with Crippen molar-refractivity contribution in [2.24, 2.45) is 0 Å². The number of carbonyl (C=O) groups excluding carboxylic acids is 1. The molecule has 30 heavy (non-hydrogen) atoms. The summed E-state index contributed by atoms with van der Waals surface area (Å²) in [6.07, 6.45) is 0.883.